The molecule has 74 valence electrons. The molecule has 2 aliphatic rings. The Morgan fingerprint density at radius 2 is 2.23 bits per heavy atom. The van der Waals surface area contributed by atoms with Crippen molar-refractivity contribution < 1.29 is 4.79 Å². The highest BCUT2D eigenvalue weighted by Crippen LogP contribution is 2.11. The normalized spacial score (nSPS) is 32.1. The van der Waals surface area contributed by atoms with Gasteiger partial charge in [0.2, 0.25) is 5.91 Å². The van der Waals surface area contributed by atoms with E-state index in [1.165, 1.54) is 0 Å². The molecule has 4 nitrogen and oxygen atoms in total. The molecule has 0 aromatic carbocycles. The van der Waals surface area contributed by atoms with Crippen LogP contribution in [-0.2, 0) is 4.79 Å². The van der Waals surface area contributed by atoms with Crippen LogP contribution < -0.4 is 5.32 Å². The number of rotatable bonds is 0. The fraction of sp³-hybridized carbons (Fsp3) is 0.889. The Morgan fingerprint density at radius 1 is 1.38 bits per heavy atom. The van der Waals surface area contributed by atoms with Crippen LogP contribution in [0.3, 0.4) is 0 Å². The Balaban J connectivity index is 2.07. The van der Waals surface area contributed by atoms with Gasteiger partial charge in [-0.1, -0.05) is 0 Å². The molecule has 0 saturated carbocycles. The maximum atomic E-state index is 11.6. The molecule has 1 atom stereocenters. The molecule has 2 heterocycles. The van der Waals surface area contributed by atoms with Gasteiger partial charge in [-0.05, 0) is 13.5 Å². The van der Waals surface area contributed by atoms with Gasteiger partial charge >= 0.3 is 0 Å². The van der Waals surface area contributed by atoms with Crippen molar-refractivity contribution in [3.8, 4) is 0 Å². The highest BCUT2D eigenvalue weighted by atomic mass is 16.2. The van der Waals surface area contributed by atoms with Crippen molar-refractivity contribution in [1.29, 1.82) is 0 Å². The lowest BCUT2D eigenvalue weighted by molar-refractivity contribution is -0.127. The molecule has 2 rings (SSSR count). The van der Waals surface area contributed by atoms with E-state index in [9.17, 15) is 4.79 Å². The number of nitrogens with zero attached hydrogens (tertiary/aromatic N) is 2. The van der Waals surface area contributed by atoms with E-state index < -0.39 is 0 Å². The van der Waals surface area contributed by atoms with Gasteiger partial charge in [0.15, 0.2) is 0 Å². The second-order valence-electron chi connectivity index (χ2n) is 3.96. The maximum Gasteiger partial charge on any atom is 0.238 e. The van der Waals surface area contributed by atoms with E-state index in [2.05, 4.69) is 22.2 Å². The number of carbonyl (C=O) groups excluding carboxylic acids is 1. The smallest absolute Gasteiger partial charge is 0.238 e. The van der Waals surface area contributed by atoms with Crippen LogP contribution >= 0.6 is 0 Å². The number of amides is 1. The number of hydrogen-bond acceptors (Lipinski definition) is 3. The van der Waals surface area contributed by atoms with Crippen molar-refractivity contribution >= 4 is 5.91 Å². The Morgan fingerprint density at radius 3 is 3.08 bits per heavy atom. The van der Waals surface area contributed by atoms with E-state index in [1.54, 1.807) is 0 Å². The molecule has 1 unspecified atom stereocenters. The predicted molar refractivity (Wildman–Crippen MR) is 50.5 cm³/mol. The third-order valence-corrected chi connectivity index (χ3v) is 2.92. The molecular formula is C9H17N3O. The Bertz CT molecular complexity index is 207. The summed E-state index contributed by atoms with van der Waals surface area (Å²) in [4.78, 5) is 16.2. The zero-order chi connectivity index (χ0) is 9.26. The quantitative estimate of drug-likeness (QED) is 0.530. The lowest BCUT2D eigenvalue weighted by Gasteiger charge is -2.37. The fourth-order valence-electron chi connectivity index (χ4n) is 2.08. The van der Waals surface area contributed by atoms with Crippen LogP contribution in [0.1, 0.15) is 6.42 Å². The summed E-state index contributed by atoms with van der Waals surface area (Å²) in [6.07, 6.45) is 1.09. The summed E-state index contributed by atoms with van der Waals surface area (Å²) < 4.78 is 0. The lowest BCUT2D eigenvalue weighted by Crippen LogP contribution is -2.56. The minimum Gasteiger partial charge on any atom is -0.355 e. The molecule has 0 aliphatic carbocycles. The first-order valence-corrected chi connectivity index (χ1v) is 4.97. The van der Waals surface area contributed by atoms with Crippen molar-refractivity contribution in [2.24, 2.45) is 0 Å². The predicted octanol–water partition coefficient (Wildman–Crippen LogP) is -0.878. The van der Waals surface area contributed by atoms with Gasteiger partial charge in [-0.2, -0.15) is 0 Å². The number of nitrogens with one attached hydrogen (secondary N) is 1. The summed E-state index contributed by atoms with van der Waals surface area (Å²) in [5.41, 5.74) is 0. The Kier molecular flexibility index (Phi) is 2.51. The topological polar surface area (TPSA) is 35.6 Å². The SMILES string of the molecule is CN1CCN2CCCNC(=O)C2C1. The number of carbonyl (C=O) groups is 1. The van der Waals surface area contributed by atoms with Gasteiger partial charge in [-0.25, -0.2) is 0 Å². The number of fused-ring (bicyclic) bond motifs is 1. The van der Waals surface area contributed by atoms with Gasteiger partial charge in [0, 0.05) is 32.7 Å². The van der Waals surface area contributed by atoms with Gasteiger partial charge in [0.05, 0.1) is 0 Å². The number of hydrogen-bond donors (Lipinski definition) is 1. The molecule has 1 amide bonds. The molecule has 0 bridgehead atoms. The average molecular weight is 183 g/mol. The van der Waals surface area contributed by atoms with Gasteiger partial charge in [-0.15, -0.1) is 0 Å². The monoisotopic (exact) mass is 183 g/mol. The second kappa shape index (κ2) is 3.64. The van der Waals surface area contributed by atoms with E-state index in [0.717, 1.165) is 39.1 Å². The van der Waals surface area contributed by atoms with Crippen LogP contribution in [0, 0.1) is 0 Å². The molecule has 0 aromatic rings. The molecular weight excluding hydrogens is 166 g/mol. The lowest BCUT2D eigenvalue weighted by atomic mass is 10.1. The van der Waals surface area contributed by atoms with Crippen LogP contribution in [0.2, 0.25) is 0 Å². The summed E-state index contributed by atoms with van der Waals surface area (Å²) in [6, 6.07) is 0.0984. The van der Waals surface area contributed by atoms with E-state index in [1.807, 2.05) is 0 Å². The van der Waals surface area contributed by atoms with Crippen LogP contribution in [0.25, 0.3) is 0 Å². The minimum absolute atomic E-state index is 0.0984. The molecule has 0 radical (unpaired) electrons. The minimum atomic E-state index is 0.0984. The Labute approximate surface area is 78.9 Å². The molecule has 4 heteroatoms. The molecule has 13 heavy (non-hydrogen) atoms. The molecule has 0 aromatic heterocycles. The van der Waals surface area contributed by atoms with Crippen molar-refractivity contribution in [1.82, 2.24) is 15.1 Å². The standard InChI is InChI=1S/C9H17N3O/c1-11-5-6-12-4-2-3-10-9(13)8(12)7-11/h8H,2-7H2,1H3,(H,10,13). The molecule has 0 spiro atoms. The van der Waals surface area contributed by atoms with E-state index in [-0.39, 0.29) is 11.9 Å². The summed E-state index contributed by atoms with van der Waals surface area (Å²) in [5, 5.41) is 2.96. The molecule has 2 aliphatic heterocycles. The van der Waals surface area contributed by atoms with E-state index in [4.69, 9.17) is 0 Å². The largest absolute Gasteiger partial charge is 0.355 e. The molecule has 1 N–H and O–H groups in total. The Hall–Kier alpha value is -0.610. The maximum absolute atomic E-state index is 11.6. The zero-order valence-corrected chi connectivity index (χ0v) is 8.12. The van der Waals surface area contributed by atoms with Crippen LogP contribution in [0.15, 0.2) is 0 Å². The zero-order valence-electron chi connectivity index (χ0n) is 8.12. The number of likely N-dealkylation sites (N-methyl/N-ethyl adjacent to an activating group) is 1. The average Bonchev–Trinajstić information content (AvgIpc) is 2.29. The first-order chi connectivity index (χ1) is 6.27. The first-order valence-electron chi connectivity index (χ1n) is 4.97. The van der Waals surface area contributed by atoms with Gasteiger partial charge in [0.25, 0.3) is 0 Å². The highest BCUT2D eigenvalue weighted by Gasteiger charge is 2.31. The van der Waals surface area contributed by atoms with Gasteiger partial charge in [0.1, 0.15) is 6.04 Å². The first kappa shape index (κ1) is 8.97. The third kappa shape index (κ3) is 1.84. The summed E-state index contributed by atoms with van der Waals surface area (Å²) in [6.45, 7) is 4.91. The van der Waals surface area contributed by atoms with Gasteiger partial charge in [-0.3, -0.25) is 9.69 Å². The van der Waals surface area contributed by atoms with Crippen molar-refractivity contribution in [2.75, 3.05) is 39.8 Å². The van der Waals surface area contributed by atoms with Gasteiger partial charge < -0.3 is 10.2 Å². The van der Waals surface area contributed by atoms with E-state index >= 15 is 0 Å². The third-order valence-electron chi connectivity index (χ3n) is 2.92. The van der Waals surface area contributed by atoms with E-state index in [0.29, 0.717) is 0 Å². The van der Waals surface area contributed by atoms with Crippen molar-refractivity contribution in [3.05, 3.63) is 0 Å². The molecule has 2 fully saturated rings. The summed E-state index contributed by atoms with van der Waals surface area (Å²) >= 11 is 0. The summed E-state index contributed by atoms with van der Waals surface area (Å²) in [7, 11) is 2.08. The van der Waals surface area contributed by atoms with Crippen LogP contribution in [0.4, 0.5) is 0 Å². The van der Waals surface area contributed by atoms with Crippen LogP contribution in [0.5, 0.6) is 0 Å². The van der Waals surface area contributed by atoms with Crippen molar-refractivity contribution in [3.63, 3.8) is 0 Å². The fourth-order valence-corrected chi connectivity index (χ4v) is 2.08. The van der Waals surface area contributed by atoms with Crippen molar-refractivity contribution in [2.45, 2.75) is 12.5 Å². The molecule has 2 saturated heterocycles. The summed E-state index contributed by atoms with van der Waals surface area (Å²) in [5.74, 6) is 0.212. The van der Waals surface area contributed by atoms with Crippen LogP contribution in [-0.4, -0.2) is 61.5 Å². The highest BCUT2D eigenvalue weighted by molar-refractivity contribution is 5.82. The second-order valence-corrected chi connectivity index (χ2v) is 3.96. The number of piperazine rings is 1.